The molecular formula is C15H11ClN4S. The summed E-state index contributed by atoms with van der Waals surface area (Å²) in [5, 5.41) is 1.77. The van der Waals surface area contributed by atoms with Crippen molar-refractivity contribution in [2.45, 2.75) is 17.1 Å². The molecule has 0 amide bonds. The molecule has 2 aromatic heterocycles. The molecule has 3 rings (SSSR count). The van der Waals surface area contributed by atoms with Gasteiger partial charge >= 0.3 is 0 Å². The Morgan fingerprint density at radius 1 is 1.00 bits per heavy atom. The first-order valence-electron chi connectivity index (χ1n) is 6.28. The Balaban J connectivity index is 1.95. The molecule has 6 heteroatoms. The Kier molecular flexibility index (Phi) is 4.13. The van der Waals surface area contributed by atoms with Crippen molar-refractivity contribution in [3.63, 3.8) is 0 Å². The lowest BCUT2D eigenvalue weighted by atomic mass is 10.2. The second kappa shape index (κ2) is 6.20. The molecule has 0 aliphatic carbocycles. The van der Waals surface area contributed by atoms with Gasteiger partial charge in [-0.2, -0.15) is 0 Å². The van der Waals surface area contributed by atoms with Crippen LogP contribution in [0.15, 0.2) is 58.8 Å². The van der Waals surface area contributed by atoms with Crippen LogP contribution in [0.4, 0.5) is 0 Å². The van der Waals surface area contributed by atoms with E-state index in [2.05, 4.69) is 19.9 Å². The van der Waals surface area contributed by atoms with Crippen molar-refractivity contribution in [2.24, 2.45) is 0 Å². The van der Waals surface area contributed by atoms with Crippen molar-refractivity contribution >= 4 is 23.4 Å². The molecule has 0 aliphatic rings. The summed E-state index contributed by atoms with van der Waals surface area (Å²) in [4.78, 5) is 17.3. The van der Waals surface area contributed by atoms with E-state index in [1.54, 1.807) is 12.3 Å². The molecule has 0 aliphatic heterocycles. The molecular weight excluding hydrogens is 304 g/mol. The van der Waals surface area contributed by atoms with Crippen LogP contribution < -0.4 is 0 Å². The van der Waals surface area contributed by atoms with Crippen molar-refractivity contribution in [3.05, 3.63) is 59.5 Å². The molecule has 1 aromatic carbocycles. The number of hydrogen-bond acceptors (Lipinski definition) is 5. The molecule has 0 saturated heterocycles. The van der Waals surface area contributed by atoms with Crippen LogP contribution in [0, 0.1) is 6.92 Å². The molecule has 0 N–H and O–H groups in total. The molecule has 0 unspecified atom stereocenters. The molecule has 0 radical (unpaired) electrons. The lowest BCUT2D eigenvalue weighted by Crippen LogP contribution is -1.93. The van der Waals surface area contributed by atoms with Gasteiger partial charge in [-0.05, 0) is 24.8 Å². The number of aryl methyl sites for hydroxylation is 1. The minimum absolute atomic E-state index is 0.402. The fourth-order valence-electron chi connectivity index (χ4n) is 1.73. The number of rotatable bonds is 3. The molecule has 2 heterocycles. The number of hydrogen-bond donors (Lipinski definition) is 0. The maximum absolute atomic E-state index is 6.09. The first-order chi connectivity index (χ1) is 10.2. The number of aromatic nitrogens is 4. The second-order valence-electron chi connectivity index (χ2n) is 4.30. The Morgan fingerprint density at radius 3 is 2.57 bits per heavy atom. The summed E-state index contributed by atoms with van der Waals surface area (Å²) >= 11 is 7.46. The van der Waals surface area contributed by atoms with Gasteiger partial charge in [-0.1, -0.05) is 41.9 Å². The van der Waals surface area contributed by atoms with Gasteiger partial charge in [0.25, 0.3) is 0 Å². The Bertz CT molecular complexity index is 765. The van der Waals surface area contributed by atoms with Gasteiger partial charge in [-0.3, -0.25) is 0 Å². The van der Waals surface area contributed by atoms with Gasteiger partial charge < -0.3 is 0 Å². The highest BCUT2D eigenvalue weighted by Gasteiger charge is 2.08. The zero-order valence-electron chi connectivity index (χ0n) is 11.2. The summed E-state index contributed by atoms with van der Waals surface area (Å²) in [6.45, 7) is 1.92. The van der Waals surface area contributed by atoms with Gasteiger partial charge in [0.2, 0.25) is 0 Å². The molecule has 21 heavy (non-hydrogen) atoms. The number of nitrogens with zero attached hydrogens (tertiary/aromatic N) is 4. The lowest BCUT2D eigenvalue weighted by Gasteiger charge is -2.04. The molecule has 3 aromatic rings. The van der Waals surface area contributed by atoms with Crippen LogP contribution in [0.25, 0.3) is 11.4 Å². The lowest BCUT2D eigenvalue weighted by molar-refractivity contribution is 0.926. The van der Waals surface area contributed by atoms with E-state index in [1.807, 2.05) is 43.3 Å². The first kappa shape index (κ1) is 14.0. The maximum Gasteiger partial charge on any atom is 0.194 e. The third kappa shape index (κ3) is 3.56. The van der Waals surface area contributed by atoms with E-state index < -0.39 is 0 Å². The summed E-state index contributed by atoms with van der Waals surface area (Å²) in [5.74, 6) is 0.596. The third-order valence-electron chi connectivity index (χ3n) is 2.67. The van der Waals surface area contributed by atoms with Crippen LogP contribution in [0.5, 0.6) is 0 Å². The van der Waals surface area contributed by atoms with E-state index in [-0.39, 0.29) is 0 Å². The van der Waals surface area contributed by atoms with Gasteiger partial charge in [0, 0.05) is 23.5 Å². The van der Waals surface area contributed by atoms with Crippen molar-refractivity contribution in [3.8, 4) is 11.4 Å². The Morgan fingerprint density at radius 2 is 1.81 bits per heavy atom. The molecule has 0 spiro atoms. The molecule has 104 valence electrons. The topological polar surface area (TPSA) is 51.6 Å². The van der Waals surface area contributed by atoms with Gasteiger partial charge in [0.05, 0.1) is 0 Å². The SMILES string of the molecule is Cc1ccnc(Sc2cc(Cl)nc(-c3ccccc3)n2)n1. The second-order valence-corrected chi connectivity index (χ2v) is 5.68. The monoisotopic (exact) mass is 314 g/mol. The van der Waals surface area contributed by atoms with Gasteiger partial charge in [0.15, 0.2) is 11.0 Å². The first-order valence-corrected chi connectivity index (χ1v) is 7.48. The molecule has 0 fully saturated rings. The number of halogens is 1. The van der Waals surface area contributed by atoms with E-state index in [0.717, 1.165) is 16.3 Å². The van der Waals surface area contributed by atoms with Crippen LogP contribution >= 0.6 is 23.4 Å². The van der Waals surface area contributed by atoms with Gasteiger partial charge in [-0.25, -0.2) is 19.9 Å². The minimum Gasteiger partial charge on any atom is -0.231 e. The van der Waals surface area contributed by atoms with Crippen LogP contribution in [-0.4, -0.2) is 19.9 Å². The minimum atomic E-state index is 0.402. The summed E-state index contributed by atoms with van der Waals surface area (Å²) < 4.78 is 0. The van der Waals surface area contributed by atoms with Crippen LogP contribution in [0.2, 0.25) is 5.15 Å². The summed E-state index contributed by atoms with van der Waals surface area (Å²) in [5.41, 5.74) is 1.84. The predicted molar refractivity (Wildman–Crippen MR) is 83.4 cm³/mol. The summed E-state index contributed by atoms with van der Waals surface area (Å²) in [6.07, 6.45) is 1.73. The molecule has 0 atom stereocenters. The van der Waals surface area contributed by atoms with Crippen molar-refractivity contribution in [2.75, 3.05) is 0 Å². The fourth-order valence-corrected chi connectivity index (χ4v) is 2.78. The van der Waals surface area contributed by atoms with E-state index in [1.165, 1.54) is 11.8 Å². The van der Waals surface area contributed by atoms with E-state index in [9.17, 15) is 0 Å². The molecule has 0 bridgehead atoms. The van der Waals surface area contributed by atoms with E-state index in [4.69, 9.17) is 11.6 Å². The van der Waals surface area contributed by atoms with Crippen LogP contribution in [0.1, 0.15) is 5.69 Å². The third-order valence-corrected chi connectivity index (χ3v) is 3.66. The smallest absolute Gasteiger partial charge is 0.194 e. The Labute approximate surface area is 131 Å². The van der Waals surface area contributed by atoms with Crippen molar-refractivity contribution < 1.29 is 0 Å². The van der Waals surface area contributed by atoms with Gasteiger partial charge in [-0.15, -0.1) is 0 Å². The highest BCUT2D eigenvalue weighted by molar-refractivity contribution is 7.99. The summed E-state index contributed by atoms with van der Waals surface area (Å²) in [7, 11) is 0. The van der Waals surface area contributed by atoms with Crippen LogP contribution in [0.3, 0.4) is 0 Å². The van der Waals surface area contributed by atoms with Crippen molar-refractivity contribution in [1.82, 2.24) is 19.9 Å². The average Bonchev–Trinajstić information content (AvgIpc) is 2.47. The quantitative estimate of drug-likeness (QED) is 0.539. The predicted octanol–water partition coefficient (Wildman–Crippen LogP) is 4.05. The summed E-state index contributed by atoms with van der Waals surface area (Å²) in [6, 6.07) is 13.3. The maximum atomic E-state index is 6.09. The molecule has 0 saturated carbocycles. The van der Waals surface area contributed by atoms with Crippen molar-refractivity contribution in [1.29, 1.82) is 0 Å². The van der Waals surface area contributed by atoms with Crippen LogP contribution in [-0.2, 0) is 0 Å². The average molecular weight is 315 g/mol. The molecule has 4 nitrogen and oxygen atoms in total. The van der Waals surface area contributed by atoms with E-state index in [0.29, 0.717) is 16.1 Å². The standard InChI is InChI=1S/C15H11ClN4S/c1-10-7-8-17-15(18-10)21-13-9-12(16)19-14(20-13)11-5-3-2-4-6-11/h2-9H,1H3. The Hall–Kier alpha value is -1.98. The van der Waals surface area contributed by atoms with E-state index >= 15 is 0 Å². The zero-order valence-corrected chi connectivity index (χ0v) is 12.8. The van der Waals surface area contributed by atoms with Gasteiger partial charge in [0.1, 0.15) is 10.2 Å². The highest BCUT2D eigenvalue weighted by atomic mass is 35.5. The zero-order chi connectivity index (χ0) is 14.7. The normalized spacial score (nSPS) is 10.6. The number of benzene rings is 1. The fraction of sp³-hybridized carbons (Fsp3) is 0.0667. The largest absolute Gasteiger partial charge is 0.231 e. The highest BCUT2D eigenvalue weighted by Crippen LogP contribution is 2.27.